The zero-order chi connectivity index (χ0) is 13.6. The van der Waals surface area contributed by atoms with Crippen LogP contribution in [0.15, 0.2) is 6.20 Å². The molecule has 0 N–H and O–H groups in total. The number of hydrogen-bond donors (Lipinski definition) is 0. The van der Waals surface area contributed by atoms with E-state index in [9.17, 15) is 4.79 Å². The molecule has 1 amide bonds. The number of aryl methyl sites for hydroxylation is 2. The highest BCUT2D eigenvalue weighted by Gasteiger charge is 2.49. The predicted molar refractivity (Wildman–Crippen MR) is 70.2 cm³/mol. The lowest BCUT2D eigenvalue weighted by atomic mass is 10.0. The number of amides is 1. The maximum absolute atomic E-state index is 11.6. The molecule has 0 aliphatic carbocycles. The van der Waals surface area contributed by atoms with E-state index in [2.05, 4.69) is 14.9 Å². The van der Waals surface area contributed by atoms with E-state index in [4.69, 9.17) is 4.74 Å². The minimum Gasteiger partial charge on any atom is -0.439 e. The van der Waals surface area contributed by atoms with Crippen LogP contribution in [0.5, 0.6) is 0 Å². The van der Waals surface area contributed by atoms with E-state index in [0.717, 1.165) is 30.2 Å². The molecular weight excluding hydrogens is 244 g/mol. The maximum atomic E-state index is 11.6. The first-order valence-corrected chi connectivity index (χ1v) is 6.48. The molecule has 1 aromatic heterocycles. The second-order valence-corrected chi connectivity index (χ2v) is 5.50. The van der Waals surface area contributed by atoms with Crippen molar-refractivity contribution in [2.45, 2.75) is 25.9 Å². The molecule has 0 unspecified atom stereocenters. The van der Waals surface area contributed by atoms with E-state index >= 15 is 0 Å². The van der Waals surface area contributed by atoms with E-state index in [1.54, 1.807) is 18.1 Å². The van der Waals surface area contributed by atoms with Crippen LogP contribution in [0.2, 0.25) is 0 Å². The van der Waals surface area contributed by atoms with Crippen molar-refractivity contribution in [1.82, 2.24) is 14.9 Å². The highest BCUT2D eigenvalue weighted by Crippen LogP contribution is 2.34. The monoisotopic (exact) mass is 262 g/mol. The van der Waals surface area contributed by atoms with Crippen LogP contribution in [0.1, 0.15) is 17.8 Å². The summed E-state index contributed by atoms with van der Waals surface area (Å²) in [5, 5.41) is 0. The lowest BCUT2D eigenvalue weighted by Crippen LogP contribution is -2.37. The number of hydrogen-bond acceptors (Lipinski definition) is 5. The molecule has 2 aliphatic rings. The van der Waals surface area contributed by atoms with Crippen LogP contribution >= 0.6 is 0 Å². The van der Waals surface area contributed by atoms with Gasteiger partial charge in [-0.05, 0) is 13.8 Å². The van der Waals surface area contributed by atoms with Gasteiger partial charge in [-0.2, -0.15) is 0 Å². The molecule has 3 heterocycles. The van der Waals surface area contributed by atoms with Gasteiger partial charge in [-0.1, -0.05) is 0 Å². The number of ether oxygens (including phenoxy) is 1. The standard InChI is InChI=1S/C13H18N4O2/c1-9-6-14-10(2)11(15-9)17-5-4-13(8-17)7-16(3)12(18)19-13/h6H,4-5,7-8H2,1-3H3/t13-/m1/s1. The fourth-order valence-electron chi connectivity index (χ4n) is 2.85. The smallest absolute Gasteiger partial charge is 0.410 e. The molecule has 0 radical (unpaired) electrons. The van der Waals surface area contributed by atoms with Crippen molar-refractivity contribution in [1.29, 1.82) is 0 Å². The topological polar surface area (TPSA) is 58.6 Å². The molecule has 0 aromatic carbocycles. The lowest BCUT2D eigenvalue weighted by molar-refractivity contribution is 0.0741. The molecule has 6 heteroatoms. The van der Waals surface area contributed by atoms with Gasteiger partial charge in [-0.25, -0.2) is 9.78 Å². The van der Waals surface area contributed by atoms with Gasteiger partial charge in [0.25, 0.3) is 0 Å². The largest absolute Gasteiger partial charge is 0.439 e. The molecule has 102 valence electrons. The number of aromatic nitrogens is 2. The Bertz CT molecular complexity index is 533. The quantitative estimate of drug-likeness (QED) is 0.759. The molecule has 2 fully saturated rings. The van der Waals surface area contributed by atoms with Gasteiger partial charge >= 0.3 is 6.09 Å². The summed E-state index contributed by atoms with van der Waals surface area (Å²) in [6.45, 7) is 6.09. The Hall–Kier alpha value is -1.85. The molecule has 0 saturated carbocycles. The minimum absolute atomic E-state index is 0.228. The van der Waals surface area contributed by atoms with E-state index in [0.29, 0.717) is 13.1 Å². The zero-order valence-electron chi connectivity index (χ0n) is 11.5. The number of nitrogens with zero attached hydrogens (tertiary/aromatic N) is 4. The van der Waals surface area contributed by atoms with Gasteiger partial charge in [0, 0.05) is 26.2 Å². The molecule has 0 bridgehead atoms. The molecule has 1 spiro atoms. The fourth-order valence-corrected chi connectivity index (χ4v) is 2.85. The number of rotatable bonds is 1. The van der Waals surface area contributed by atoms with Gasteiger partial charge in [0.1, 0.15) is 5.82 Å². The van der Waals surface area contributed by atoms with Gasteiger partial charge in [-0.15, -0.1) is 0 Å². The highest BCUT2D eigenvalue weighted by atomic mass is 16.6. The van der Waals surface area contributed by atoms with Crippen molar-refractivity contribution in [3.8, 4) is 0 Å². The van der Waals surface area contributed by atoms with Gasteiger partial charge in [0.15, 0.2) is 5.60 Å². The molecule has 1 aromatic rings. The molecule has 6 nitrogen and oxygen atoms in total. The summed E-state index contributed by atoms with van der Waals surface area (Å²) < 4.78 is 5.54. The molecular formula is C13H18N4O2. The fraction of sp³-hybridized carbons (Fsp3) is 0.615. The first-order valence-electron chi connectivity index (χ1n) is 6.48. The first kappa shape index (κ1) is 12.2. The van der Waals surface area contributed by atoms with Crippen LogP contribution in [0, 0.1) is 13.8 Å². The minimum atomic E-state index is -0.371. The molecule has 1 atom stereocenters. The Morgan fingerprint density at radius 3 is 2.84 bits per heavy atom. The van der Waals surface area contributed by atoms with Crippen molar-refractivity contribution in [2.24, 2.45) is 0 Å². The Morgan fingerprint density at radius 2 is 2.16 bits per heavy atom. The van der Waals surface area contributed by atoms with Crippen LogP contribution in [0.4, 0.5) is 10.6 Å². The van der Waals surface area contributed by atoms with Crippen molar-refractivity contribution in [3.05, 3.63) is 17.6 Å². The van der Waals surface area contributed by atoms with Crippen LogP contribution < -0.4 is 4.90 Å². The van der Waals surface area contributed by atoms with E-state index < -0.39 is 0 Å². The molecule has 19 heavy (non-hydrogen) atoms. The molecule has 3 rings (SSSR count). The second kappa shape index (κ2) is 4.08. The SMILES string of the molecule is Cc1cnc(C)c(N2CC[C@@]3(CN(C)C(=O)O3)C2)n1. The van der Waals surface area contributed by atoms with Crippen molar-refractivity contribution in [3.63, 3.8) is 0 Å². The van der Waals surface area contributed by atoms with E-state index in [1.807, 2.05) is 13.8 Å². The number of carbonyl (C=O) groups excluding carboxylic acids is 1. The average Bonchev–Trinajstić information content (AvgIpc) is 2.87. The third-order valence-electron chi connectivity index (χ3n) is 3.81. The Balaban J connectivity index is 1.83. The van der Waals surface area contributed by atoms with E-state index in [-0.39, 0.29) is 11.7 Å². The number of carbonyl (C=O) groups is 1. The van der Waals surface area contributed by atoms with Crippen LogP contribution in [-0.4, -0.2) is 53.2 Å². The summed E-state index contributed by atoms with van der Waals surface area (Å²) in [6.07, 6.45) is 2.39. The Kier molecular flexibility index (Phi) is 2.62. The predicted octanol–water partition coefficient (Wildman–Crippen LogP) is 1.12. The van der Waals surface area contributed by atoms with Gasteiger partial charge < -0.3 is 14.5 Å². The first-order chi connectivity index (χ1) is 8.99. The summed E-state index contributed by atoms with van der Waals surface area (Å²) in [6, 6.07) is 0. The average molecular weight is 262 g/mol. The third kappa shape index (κ3) is 2.01. The van der Waals surface area contributed by atoms with E-state index in [1.165, 1.54) is 0 Å². The van der Waals surface area contributed by atoms with Crippen LogP contribution in [0.25, 0.3) is 0 Å². The summed E-state index contributed by atoms with van der Waals surface area (Å²) >= 11 is 0. The summed E-state index contributed by atoms with van der Waals surface area (Å²) in [7, 11) is 1.78. The Morgan fingerprint density at radius 1 is 1.37 bits per heavy atom. The molecule has 2 saturated heterocycles. The molecule has 2 aliphatic heterocycles. The van der Waals surface area contributed by atoms with Gasteiger partial charge in [0.2, 0.25) is 0 Å². The Labute approximate surface area is 112 Å². The van der Waals surface area contributed by atoms with Crippen molar-refractivity contribution < 1.29 is 9.53 Å². The van der Waals surface area contributed by atoms with Gasteiger partial charge in [-0.3, -0.25) is 4.98 Å². The summed E-state index contributed by atoms with van der Waals surface area (Å²) in [5.41, 5.74) is 1.45. The zero-order valence-corrected chi connectivity index (χ0v) is 11.5. The summed E-state index contributed by atoms with van der Waals surface area (Å²) in [5.74, 6) is 0.905. The number of anilines is 1. The van der Waals surface area contributed by atoms with Crippen molar-refractivity contribution >= 4 is 11.9 Å². The van der Waals surface area contributed by atoms with Gasteiger partial charge in [0.05, 0.1) is 24.5 Å². The highest BCUT2D eigenvalue weighted by molar-refractivity contribution is 5.70. The van der Waals surface area contributed by atoms with Crippen LogP contribution in [-0.2, 0) is 4.74 Å². The van der Waals surface area contributed by atoms with Crippen LogP contribution in [0.3, 0.4) is 0 Å². The number of likely N-dealkylation sites (N-methyl/N-ethyl adjacent to an activating group) is 1. The lowest BCUT2D eigenvalue weighted by Gasteiger charge is -2.23. The second-order valence-electron chi connectivity index (χ2n) is 5.50. The maximum Gasteiger partial charge on any atom is 0.410 e. The van der Waals surface area contributed by atoms with Crippen molar-refractivity contribution in [2.75, 3.05) is 31.6 Å². The third-order valence-corrected chi connectivity index (χ3v) is 3.81. The normalized spacial score (nSPS) is 26.4. The summed E-state index contributed by atoms with van der Waals surface area (Å²) in [4.78, 5) is 24.3.